The van der Waals surface area contributed by atoms with Crippen LogP contribution in [0.3, 0.4) is 0 Å². The Bertz CT molecular complexity index is 374. The predicted octanol–water partition coefficient (Wildman–Crippen LogP) is 3.40. The quantitative estimate of drug-likeness (QED) is 0.552. The molecule has 0 aromatic heterocycles. The summed E-state index contributed by atoms with van der Waals surface area (Å²) in [6, 6.07) is 0. The second kappa shape index (κ2) is 7.64. The summed E-state index contributed by atoms with van der Waals surface area (Å²) in [5, 5.41) is 0. The predicted molar refractivity (Wildman–Crippen MR) is 72.6 cm³/mol. The van der Waals surface area contributed by atoms with Crippen molar-refractivity contribution < 1.29 is 9.18 Å². The zero-order valence-electron chi connectivity index (χ0n) is 10.8. The molecule has 3 heteroatoms. The third kappa shape index (κ3) is 3.99. The first-order chi connectivity index (χ1) is 8.72. The lowest BCUT2D eigenvalue weighted by atomic mass is 9.88. The van der Waals surface area contributed by atoms with Gasteiger partial charge in [0.15, 0.2) is 0 Å². The van der Waals surface area contributed by atoms with Gasteiger partial charge < -0.3 is 4.90 Å². The van der Waals surface area contributed by atoms with E-state index in [-0.39, 0.29) is 5.91 Å². The molecule has 0 atom stereocenters. The van der Waals surface area contributed by atoms with Crippen LogP contribution in [0.25, 0.3) is 0 Å². The van der Waals surface area contributed by atoms with Gasteiger partial charge in [0.05, 0.1) is 6.33 Å². The van der Waals surface area contributed by atoms with E-state index < -0.39 is 0 Å². The Morgan fingerprint density at radius 1 is 1.39 bits per heavy atom. The third-order valence-corrected chi connectivity index (χ3v) is 3.18. The Morgan fingerprint density at radius 2 is 2.06 bits per heavy atom. The highest BCUT2D eigenvalue weighted by molar-refractivity contribution is 5.87. The summed E-state index contributed by atoms with van der Waals surface area (Å²) in [7, 11) is 0. The molecule has 1 fully saturated rings. The normalized spacial score (nSPS) is 18.8. The minimum atomic E-state index is 0.0729. The smallest absolute Gasteiger partial charge is 0.246 e. The molecule has 2 nitrogen and oxygen atoms in total. The van der Waals surface area contributed by atoms with Crippen molar-refractivity contribution in [3.8, 4) is 0 Å². The second-order valence-electron chi connectivity index (χ2n) is 4.29. The molecular weight excluding hydrogens is 229 g/mol. The van der Waals surface area contributed by atoms with Crippen LogP contribution in [0.5, 0.6) is 0 Å². The van der Waals surface area contributed by atoms with Crippen LogP contribution in [-0.4, -0.2) is 23.9 Å². The lowest BCUT2D eigenvalue weighted by Gasteiger charge is -2.32. The topological polar surface area (TPSA) is 20.3 Å². The van der Waals surface area contributed by atoms with Gasteiger partial charge in [-0.05, 0) is 43.4 Å². The Hall–Kier alpha value is -1.64. The Labute approximate surface area is 108 Å². The number of carbonyl (C=O) groups excluding carboxylic acids is 1. The molecular formula is C15H20FNO. The number of piperidine rings is 1. The van der Waals surface area contributed by atoms with Gasteiger partial charge in [-0.2, -0.15) is 0 Å². The van der Waals surface area contributed by atoms with Gasteiger partial charge in [-0.1, -0.05) is 24.8 Å². The van der Waals surface area contributed by atoms with Crippen LogP contribution < -0.4 is 0 Å². The number of nitrogens with zero attached hydrogens (tertiary/aromatic N) is 1. The molecule has 0 spiro atoms. The van der Waals surface area contributed by atoms with Crippen LogP contribution in [-0.2, 0) is 4.79 Å². The average molecular weight is 249 g/mol. The Kier molecular flexibility index (Phi) is 6.12. The minimum Gasteiger partial charge on any atom is -0.339 e. The van der Waals surface area contributed by atoms with Crippen molar-refractivity contribution in [3.05, 3.63) is 48.9 Å². The maximum Gasteiger partial charge on any atom is 0.246 e. The van der Waals surface area contributed by atoms with Crippen LogP contribution in [0.4, 0.5) is 4.39 Å². The second-order valence-corrected chi connectivity index (χ2v) is 4.29. The molecule has 98 valence electrons. The molecule has 0 aliphatic carbocycles. The summed E-state index contributed by atoms with van der Waals surface area (Å²) in [5.74, 6) is 0.442. The lowest BCUT2D eigenvalue weighted by Crippen LogP contribution is -2.37. The molecule has 1 rings (SSSR count). The van der Waals surface area contributed by atoms with Crippen LogP contribution in [0.2, 0.25) is 0 Å². The molecule has 1 saturated heterocycles. The van der Waals surface area contributed by atoms with Gasteiger partial charge in [0.2, 0.25) is 5.91 Å². The van der Waals surface area contributed by atoms with Crippen molar-refractivity contribution in [1.29, 1.82) is 0 Å². The highest BCUT2D eigenvalue weighted by Gasteiger charge is 2.22. The highest BCUT2D eigenvalue weighted by atomic mass is 19.1. The molecule has 0 saturated carbocycles. The van der Waals surface area contributed by atoms with Gasteiger partial charge >= 0.3 is 0 Å². The molecule has 0 unspecified atom stereocenters. The highest BCUT2D eigenvalue weighted by Crippen LogP contribution is 2.25. The zero-order valence-corrected chi connectivity index (χ0v) is 10.8. The number of rotatable bonds is 4. The molecule has 18 heavy (non-hydrogen) atoms. The molecule has 1 aliphatic heterocycles. The van der Waals surface area contributed by atoms with Crippen LogP contribution >= 0.6 is 0 Å². The number of hydrogen-bond donors (Lipinski definition) is 0. The molecule has 0 radical (unpaired) electrons. The minimum absolute atomic E-state index is 0.0729. The van der Waals surface area contributed by atoms with Crippen molar-refractivity contribution in [2.45, 2.75) is 19.8 Å². The summed E-state index contributed by atoms with van der Waals surface area (Å²) in [6.07, 6.45) is 10.6. The maximum atomic E-state index is 12.0. The standard InChI is InChI=1S/C15H20FNO/c1-3-6-15(18)17-11-8-14(9-12-17)13(4-2)7-5-10-16/h3-7,10,14H,2,8-9,11-12H2,1H3/b6-3+,10-5+,13-7+. The third-order valence-electron chi connectivity index (χ3n) is 3.18. The van der Waals surface area contributed by atoms with Gasteiger partial charge in [-0.25, -0.2) is 4.39 Å². The number of amides is 1. The molecule has 0 aromatic carbocycles. The fraction of sp³-hybridized carbons (Fsp3) is 0.400. The van der Waals surface area contributed by atoms with E-state index in [2.05, 4.69) is 6.58 Å². The van der Waals surface area contributed by atoms with Crippen molar-refractivity contribution in [2.24, 2.45) is 5.92 Å². The van der Waals surface area contributed by atoms with Crippen molar-refractivity contribution >= 4 is 5.91 Å². The first kappa shape index (κ1) is 14.4. The fourth-order valence-electron chi connectivity index (χ4n) is 2.20. The molecule has 1 aliphatic rings. The average Bonchev–Trinajstić information content (AvgIpc) is 2.40. The number of hydrogen-bond acceptors (Lipinski definition) is 1. The lowest BCUT2D eigenvalue weighted by molar-refractivity contribution is -0.127. The van der Waals surface area contributed by atoms with E-state index in [1.165, 1.54) is 6.08 Å². The van der Waals surface area contributed by atoms with Gasteiger partial charge in [-0.3, -0.25) is 4.79 Å². The first-order valence-electron chi connectivity index (χ1n) is 6.24. The summed E-state index contributed by atoms with van der Waals surface area (Å²) in [5.41, 5.74) is 1.04. The largest absolute Gasteiger partial charge is 0.339 e. The number of likely N-dealkylation sites (tertiary alicyclic amines) is 1. The van der Waals surface area contributed by atoms with Crippen molar-refractivity contribution in [1.82, 2.24) is 4.90 Å². The molecule has 0 bridgehead atoms. The van der Waals surface area contributed by atoms with Crippen molar-refractivity contribution in [2.75, 3.05) is 13.1 Å². The summed E-state index contributed by atoms with van der Waals surface area (Å²) in [6.45, 7) is 7.09. The summed E-state index contributed by atoms with van der Waals surface area (Å²) in [4.78, 5) is 13.5. The fourth-order valence-corrected chi connectivity index (χ4v) is 2.20. The van der Waals surface area contributed by atoms with Crippen LogP contribution in [0.1, 0.15) is 19.8 Å². The Morgan fingerprint density at radius 3 is 2.56 bits per heavy atom. The van der Waals surface area contributed by atoms with Gasteiger partial charge in [0, 0.05) is 13.1 Å². The van der Waals surface area contributed by atoms with Gasteiger partial charge in [0.1, 0.15) is 0 Å². The first-order valence-corrected chi connectivity index (χ1v) is 6.24. The van der Waals surface area contributed by atoms with Crippen molar-refractivity contribution in [3.63, 3.8) is 0 Å². The number of carbonyl (C=O) groups is 1. The SMILES string of the molecule is C=C/C(=C\C=C\F)C1CCN(C(=O)/C=C/C)CC1. The van der Waals surface area contributed by atoms with Gasteiger partial charge in [-0.15, -0.1) is 0 Å². The van der Waals surface area contributed by atoms with E-state index in [4.69, 9.17) is 0 Å². The Balaban J connectivity index is 2.57. The van der Waals surface area contributed by atoms with Crippen LogP contribution in [0, 0.1) is 5.92 Å². The zero-order chi connectivity index (χ0) is 13.4. The van der Waals surface area contributed by atoms with E-state index in [9.17, 15) is 9.18 Å². The van der Waals surface area contributed by atoms with E-state index in [1.54, 1.807) is 24.3 Å². The molecule has 0 aromatic rings. The van der Waals surface area contributed by atoms with E-state index >= 15 is 0 Å². The monoisotopic (exact) mass is 249 g/mol. The molecule has 1 heterocycles. The van der Waals surface area contributed by atoms with E-state index in [0.717, 1.165) is 31.5 Å². The van der Waals surface area contributed by atoms with E-state index in [0.29, 0.717) is 12.2 Å². The van der Waals surface area contributed by atoms with Crippen LogP contribution in [0.15, 0.2) is 48.9 Å². The summed E-state index contributed by atoms with van der Waals surface area (Å²) < 4.78 is 12.0. The molecule has 1 amide bonds. The van der Waals surface area contributed by atoms with E-state index in [1.807, 2.05) is 11.8 Å². The molecule has 0 N–H and O–H groups in total. The number of allylic oxidation sites excluding steroid dienone is 5. The number of halogens is 1. The maximum absolute atomic E-state index is 12.0. The van der Waals surface area contributed by atoms with Gasteiger partial charge in [0.25, 0.3) is 0 Å². The summed E-state index contributed by atoms with van der Waals surface area (Å²) >= 11 is 0.